The van der Waals surface area contributed by atoms with Crippen molar-refractivity contribution in [1.82, 2.24) is 25.4 Å². The van der Waals surface area contributed by atoms with E-state index >= 15 is 0 Å². The largest absolute Gasteiger partial charge is 0.301 e. The lowest BCUT2D eigenvalue weighted by Gasteiger charge is -2.06. The van der Waals surface area contributed by atoms with E-state index in [-0.39, 0.29) is 18.2 Å². The molecule has 0 aromatic carbocycles. The molecule has 1 aliphatic carbocycles. The van der Waals surface area contributed by atoms with Gasteiger partial charge in [-0.1, -0.05) is 28.7 Å². The third kappa shape index (κ3) is 5.42. The van der Waals surface area contributed by atoms with Crippen molar-refractivity contribution < 1.29 is 9.59 Å². The van der Waals surface area contributed by atoms with E-state index in [4.69, 9.17) is 0 Å². The molecule has 2 atom stereocenters. The minimum Gasteiger partial charge on any atom is -0.301 e. The second-order valence-electron chi connectivity index (χ2n) is 7.25. The monoisotopic (exact) mass is 443 g/mol. The number of nitrogens with one attached hydrogen (secondary N) is 2. The minimum atomic E-state index is -0.149. The van der Waals surface area contributed by atoms with Gasteiger partial charge in [-0.2, -0.15) is 0 Å². The van der Waals surface area contributed by atoms with Gasteiger partial charge in [0, 0.05) is 31.2 Å². The smallest absolute Gasteiger partial charge is 0.232 e. The molecule has 0 saturated heterocycles. The van der Waals surface area contributed by atoms with Crippen LogP contribution in [0.3, 0.4) is 0 Å². The molecule has 0 radical (unpaired) electrons. The maximum Gasteiger partial charge on any atom is 0.232 e. The Morgan fingerprint density at radius 2 is 1.90 bits per heavy atom. The Labute approximate surface area is 181 Å². The summed E-state index contributed by atoms with van der Waals surface area (Å²) in [6.45, 7) is 1.46. The number of hydrogen-bond donors (Lipinski definition) is 2. The van der Waals surface area contributed by atoms with Crippen LogP contribution in [0.2, 0.25) is 0 Å². The third-order valence-corrected chi connectivity index (χ3v) is 6.72. The van der Waals surface area contributed by atoms with Crippen molar-refractivity contribution in [3.8, 4) is 0 Å². The second kappa shape index (κ2) is 9.35. The number of aromatic nitrogens is 5. The zero-order chi connectivity index (χ0) is 20.9. The van der Waals surface area contributed by atoms with Crippen LogP contribution in [-0.2, 0) is 22.4 Å². The summed E-state index contributed by atoms with van der Waals surface area (Å²) in [6.07, 6.45) is 5.86. The first-order valence-corrected chi connectivity index (χ1v) is 11.3. The van der Waals surface area contributed by atoms with Crippen LogP contribution in [0.5, 0.6) is 0 Å². The summed E-state index contributed by atoms with van der Waals surface area (Å²) in [5.74, 6) is 0.568. The lowest BCUT2D eigenvalue weighted by atomic mass is 10.0. The highest BCUT2D eigenvalue weighted by atomic mass is 32.1. The van der Waals surface area contributed by atoms with E-state index in [1.165, 1.54) is 29.6 Å². The Morgan fingerprint density at radius 3 is 2.70 bits per heavy atom. The van der Waals surface area contributed by atoms with Gasteiger partial charge >= 0.3 is 0 Å². The molecule has 9 nitrogen and oxygen atoms in total. The summed E-state index contributed by atoms with van der Waals surface area (Å²) in [5.41, 5.74) is 0.718. The number of pyridine rings is 1. The third-order valence-electron chi connectivity index (χ3n) is 4.86. The molecule has 0 spiro atoms. The van der Waals surface area contributed by atoms with Crippen LogP contribution in [0, 0.1) is 5.92 Å². The van der Waals surface area contributed by atoms with Crippen molar-refractivity contribution in [1.29, 1.82) is 0 Å². The summed E-state index contributed by atoms with van der Waals surface area (Å²) < 4.78 is 0. The molecule has 30 heavy (non-hydrogen) atoms. The topological polar surface area (TPSA) is 123 Å². The summed E-state index contributed by atoms with van der Waals surface area (Å²) in [5, 5.41) is 25.1. The van der Waals surface area contributed by atoms with E-state index in [1.54, 1.807) is 6.20 Å². The molecular formula is C19H21N7O2S2. The Balaban J connectivity index is 1.27. The van der Waals surface area contributed by atoms with Gasteiger partial charge in [0.1, 0.15) is 10.0 Å². The fourth-order valence-corrected chi connectivity index (χ4v) is 5.36. The number of anilines is 2. The van der Waals surface area contributed by atoms with E-state index in [9.17, 15) is 9.59 Å². The standard InChI is InChI=1S/C19H21N7O2S2/c1-11(27)21-18-26-24-17(30-18)13-6-5-12(8-13)9-16-23-25-19(29-16)22-15(28)10-14-4-2-3-7-20-14/h2-4,7,12-13H,5-6,8-10H2,1H3,(H,21,26,27)(H,22,25,28)/t12-,13+/m1/s1. The first kappa shape index (κ1) is 20.5. The van der Waals surface area contributed by atoms with Gasteiger partial charge < -0.3 is 10.6 Å². The van der Waals surface area contributed by atoms with Crippen LogP contribution in [0.1, 0.15) is 47.8 Å². The van der Waals surface area contributed by atoms with Crippen LogP contribution in [0.15, 0.2) is 24.4 Å². The molecular weight excluding hydrogens is 422 g/mol. The highest BCUT2D eigenvalue weighted by Gasteiger charge is 2.29. The van der Waals surface area contributed by atoms with Crippen molar-refractivity contribution in [2.45, 2.75) is 44.9 Å². The van der Waals surface area contributed by atoms with E-state index in [1.807, 2.05) is 18.2 Å². The molecule has 2 N–H and O–H groups in total. The highest BCUT2D eigenvalue weighted by Crippen LogP contribution is 2.41. The van der Waals surface area contributed by atoms with Crippen molar-refractivity contribution in [2.75, 3.05) is 10.6 Å². The zero-order valence-corrected chi connectivity index (χ0v) is 18.0. The second-order valence-corrected chi connectivity index (χ2v) is 9.32. The first-order chi connectivity index (χ1) is 14.5. The lowest BCUT2D eigenvalue weighted by molar-refractivity contribution is -0.116. The summed E-state index contributed by atoms with van der Waals surface area (Å²) >= 11 is 2.87. The normalized spacial score (nSPS) is 18.3. The number of hydrogen-bond acceptors (Lipinski definition) is 9. The average molecular weight is 444 g/mol. The quantitative estimate of drug-likeness (QED) is 0.575. The molecule has 2 amide bonds. The Kier molecular flexibility index (Phi) is 6.38. The molecule has 3 aromatic rings. The lowest BCUT2D eigenvalue weighted by Crippen LogP contribution is -2.14. The van der Waals surface area contributed by atoms with Gasteiger partial charge in [0.15, 0.2) is 0 Å². The number of carbonyl (C=O) groups is 2. The number of nitrogens with zero attached hydrogens (tertiary/aromatic N) is 5. The molecule has 0 aliphatic heterocycles. The van der Waals surface area contributed by atoms with Crippen molar-refractivity contribution in [2.24, 2.45) is 5.92 Å². The van der Waals surface area contributed by atoms with Crippen LogP contribution in [0.25, 0.3) is 0 Å². The van der Waals surface area contributed by atoms with E-state index in [0.29, 0.717) is 22.1 Å². The van der Waals surface area contributed by atoms with Gasteiger partial charge in [-0.25, -0.2) is 0 Å². The minimum absolute atomic E-state index is 0.138. The SMILES string of the molecule is CC(=O)Nc1nnc([C@H]2CC[C@@H](Cc3nnc(NC(=O)Cc4ccccn4)s3)C2)s1. The number of carbonyl (C=O) groups excluding carboxylic acids is 2. The molecule has 1 aliphatic rings. The zero-order valence-electron chi connectivity index (χ0n) is 16.4. The number of rotatable bonds is 7. The summed E-state index contributed by atoms with van der Waals surface area (Å²) in [4.78, 5) is 27.5. The molecule has 0 bridgehead atoms. The number of amides is 2. The Hall–Kier alpha value is -2.79. The fourth-order valence-electron chi connectivity index (χ4n) is 3.55. The Bertz CT molecular complexity index is 1020. The molecule has 0 unspecified atom stereocenters. The van der Waals surface area contributed by atoms with Crippen LogP contribution >= 0.6 is 22.7 Å². The van der Waals surface area contributed by atoms with E-state index in [0.717, 1.165) is 41.4 Å². The van der Waals surface area contributed by atoms with Gasteiger partial charge in [-0.15, -0.1) is 20.4 Å². The predicted molar refractivity (Wildman–Crippen MR) is 114 cm³/mol. The van der Waals surface area contributed by atoms with Crippen molar-refractivity contribution in [3.63, 3.8) is 0 Å². The molecule has 3 heterocycles. The van der Waals surface area contributed by atoms with Crippen LogP contribution in [-0.4, -0.2) is 37.2 Å². The average Bonchev–Trinajstić information content (AvgIpc) is 3.44. The van der Waals surface area contributed by atoms with Gasteiger partial charge in [0.25, 0.3) is 0 Å². The molecule has 4 rings (SSSR count). The maximum atomic E-state index is 12.2. The highest BCUT2D eigenvalue weighted by molar-refractivity contribution is 7.15. The van der Waals surface area contributed by atoms with Crippen molar-refractivity contribution >= 4 is 44.8 Å². The summed E-state index contributed by atoms with van der Waals surface area (Å²) in [7, 11) is 0. The van der Waals surface area contributed by atoms with E-state index < -0.39 is 0 Å². The van der Waals surface area contributed by atoms with Crippen LogP contribution in [0.4, 0.5) is 10.3 Å². The summed E-state index contributed by atoms with van der Waals surface area (Å²) in [6, 6.07) is 5.49. The maximum absolute atomic E-state index is 12.2. The van der Waals surface area contributed by atoms with Gasteiger partial charge in [-0.05, 0) is 37.3 Å². The van der Waals surface area contributed by atoms with Gasteiger partial charge in [0.2, 0.25) is 22.1 Å². The molecule has 1 fully saturated rings. The molecule has 11 heteroatoms. The molecule has 3 aromatic heterocycles. The fraction of sp³-hybridized carbons (Fsp3) is 0.421. The van der Waals surface area contributed by atoms with Crippen LogP contribution < -0.4 is 10.6 Å². The molecule has 1 saturated carbocycles. The Morgan fingerprint density at radius 1 is 1.07 bits per heavy atom. The first-order valence-electron chi connectivity index (χ1n) is 9.68. The predicted octanol–water partition coefficient (Wildman–Crippen LogP) is 3.05. The van der Waals surface area contributed by atoms with E-state index in [2.05, 4.69) is 36.0 Å². The van der Waals surface area contributed by atoms with Gasteiger partial charge in [-0.3, -0.25) is 14.6 Å². The molecule has 156 valence electrons. The van der Waals surface area contributed by atoms with Gasteiger partial charge in [0.05, 0.1) is 6.42 Å². The van der Waals surface area contributed by atoms with Crippen molar-refractivity contribution in [3.05, 3.63) is 40.1 Å².